The maximum Gasteiger partial charge on any atom is 0.276 e. The smallest absolute Gasteiger partial charge is 0.276 e. The van der Waals surface area contributed by atoms with Crippen LogP contribution in [0.1, 0.15) is 64.8 Å². The van der Waals surface area contributed by atoms with Gasteiger partial charge in [-0.15, -0.1) is 16.4 Å². The summed E-state index contributed by atoms with van der Waals surface area (Å²) in [5.74, 6) is -0.0986. The minimum Gasteiger partial charge on any atom is -0.333 e. The van der Waals surface area contributed by atoms with Crippen LogP contribution in [0.25, 0.3) is 0 Å². The van der Waals surface area contributed by atoms with Crippen LogP contribution >= 0.6 is 11.3 Å². The van der Waals surface area contributed by atoms with Crippen molar-refractivity contribution >= 4 is 17.2 Å². The van der Waals surface area contributed by atoms with Gasteiger partial charge in [0, 0.05) is 11.9 Å². The first-order valence-corrected chi connectivity index (χ1v) is 9.68. The van der Waals surface area contributed by atoms with Crippen molar-refractivity contribution in [3.8, 4) is 0 Å². The second kappa shape index (κ2) is 7.61. The number of aryl methyl sites for hydroxylation is 2. The fourth-order valence-electron chi connectivity index (χ4n) is 3.16. The topological polar surface area (TPSA) is 75.9 Å². The summed E-state index contributed by atoms with van der Waals surface area (Å²) in [6.07, 6.45) is 4.74. The highest BCUT2D eigenvalue weighted by Crippen LogP contribution is 2.29. The number of amides is 1. The lowest BCUT2D eigenvalue weighted by Gasteiger charge is -2.23. The molecule has 0 unspecified atom stereocenters. The SMILES string of the molecule is CCc1nc(C)c([C@@H](C)N(C)C(=O)c2cn(C3CCNCC3)nn2)s1. The van der Waals surface area contributed by atoms with Crippen LogP contribution in [-0.4, -0.2) is 50.9 Å². The molecular weight excluding hydrogens is 336 g/mol. The Bertz CT molecular complexity index is 733. The van der Waals surface area contributed by atoms with Gasteiger partial charge in [0.05, 0.1) is 29.0 Å². The van der Waals surface area contributed by atoms with Crippen molar-refractivity contribution in [2.75, 3.05) is 20.1 Å². The Kier molecular flexibility index (Phi) is 5.48. The van der Waals surface area contributed by atoms with Gasteiger partial charge in [0.15, 0.2) is 5.69 Å². The van der Waals surface area contributed by atoms with E-state index >= 15 is 0 Å². The zero-order valence-electron chi connectivity index (χ0n) is 15.3. The predicted octanol–water partition coefficient (Wildman–Crippen LogP) is 2.36. The largest absolute Gasteiger partial charge is 0.333 e. The summed E-state index contributed by atoms with van der Waals surface area (Å²) in [5.41, 5.74) is 1.41. The van der Waals surface area contributed by atoms with E-state index in [0.717, 1.165) is 47.9 Å². The van der Waals surface area contributed by atoms with Crippen molar-refractivity contribution in [1.82, 2.24) is 30.2 Å². The second-order valence-electron chi connectivity index (χ2n) is 6.57. The third-order valence-electron chi connectivity index (χ3n) is 4.87. The van der Waals surface area contributed by atoms with Crippen molar-refractivity contribution in [2.24, 2.45) is 0 Å². The fraction of sp³-hybridized carbons (Fsp3) is 0.647. The summed E-state index contributed by atoms with van der Waals surface area (Å²) >= 11 is 1.68. The van der Waals surface area contributed by atoms with E-state index in [1.807, 2.05) is 25.6 Å². The van der Waals surface area contributed by atoms with Gasteiger partial charge in [-0.3, -0.25) is 4.79 Å². The molecule has 1 N–H and O–H groups in total. The minimum absolute atomic E-state index is 0.0330. The Morgan fingerprint density at radius 1 is 1.48 bits per heavy atom. The first-order valence-electron chi connectivity index (χ1n) is 8.87. The second-order valence-corrected chi connectivity index (χ2v) is 7.68. The van der Waals surface area contributed by atoms with Crippen molar-refractivity contribution in [3.05, 3.63) is 27.5 Å². The van der Waals surface area contributed by atoms with Crippen LogP contribution < -0.4 is 5.32 Å². The van der Waals surface area contributed by atoms with Crippen LogP contribution in [0.5, 0.6) is 0 Å². The highest BCUT2D eigenvalue weighted by atomic mass is 32.1. The van der Waals surface area contributed by atoms with Gasteiger partial charge in [-0.05, 0) is 46.2 Å². The Morgan fingerprint density at radius 3 is 2.84 bits per heavy atom. The molecule has 0 spiro atoms. The van der Waals surface area contributed by atoms with E-state index in [4.69, 9.17) is 0 Å². The first kappa shape index (κ1) is 18.0. The Morgan fingerprint density at radius 2 is 2.20 bits per heavy atom. The van der Waals surface area contributed by atoms with E-state index in [-0.39, 0.29) is 11.9 Å². The lowest BCUT2D eigenvalue weighted by Crippen LogP contribution is -2.30. The standard InChI is InChI=1S/C17H26N6OS/c1-5-15-19-11(2)16(25-15)12(3)22(4)17(24)14-10-23(21-20-14)13-6-8-18-9-7-13/h10,12-13,18H,5-9H2,1-4H3/t12-/m1/s1. The molecule has 2 aromatic heterocycles. The van der Waals surface area contributed by atoms with Gasteiger partial charge in [-0.25, -0.2) is 9.67 Å². The lowest BCUT2D eigenvalue weighted by molar-refractivity contribution is 0.0738. The Labute approximate surface area is 152 Å². The van der Waals surface area contributed by atoms with Gasteiger partial charge in [0.25, 0.3) is 5.91 Å². The summed E-state index contributed by atoms with van der Waals surface area (Å²) in [6.45, 7) is 8.10. The number of hydrogen-bond acceptors (Lipinski definition) is 6. The molecule has 0 aliphatic carbocycles. The molecule has 1 aliphatic rings. The Hall–Kier alpha value is -1.80. The van der Waals surface area contributed by atoms with Crippen molar-refractivity contribution in [3.63, 3.8) is 0 Å². The summed E-state index contributed by atoms with van der Waals surface area (Å²) in [4.78, 5) is 20.3. The number of carbonyl (C=O) groups excluding carboxylic acids is 1. The van der Waals surface area contributed by atoms with Crippen molar-refractivity contribution in [1.29, 1.82) is 0 Å². The number of piperidine rings is 1. The third kappa shape index (κ3) is 3.74. The molecule has 0 radical (unpaired) electrons. The maximum atomic E-state index is 12.8. The number of carbonyl (C=O) groups is 1. The highest BCUT2D eigenvalue weighted by molar-refractivity contribution is 7.11. The molecule has 1 atom stereocenters. The molecule has 25 heavy (non-hydrogen) atoms. The van der Waals surface area contributed by atoms with E-state index < -0.39 is 0 Å². The van der Waals surface area contributed by atoms with Gasteiger partial charge < -0.3 is 10.2 Å². The van der Waals surface area contributed by atoms with Gasteiger partial charge in [0.1, 0.15) is 0 Å². The zero-order chi connectivity index (χ0) is 18.0. The zero-order valence-corrected chi connectivity index (χ0v) is 16.1. The number of nitrogens with one attached hydrogen (secondary N) is 1. The quantitative estimate of drug-likeness (QED) is 0.884. The lowest BCUT2D eigenvalue weighted by atomic mass is 10.1. The normalized spacial score (nSPS) is 16.8. The van der Waals surface area contributed by atoms with Crippen LogP contribution in [0.4, 0.5) is 0 Å². The molecule has 3 heterocycles. The molecule has 0 aromatic carbocycles. The van der Waals surface area contributed by atoms with Gasteiger partial charge in [-0.1, -0.05) is 12.1 Å². The Balaban J connectivity index is 1.73. The molecule has 1 fully saturated rings. The molecule has 1 saturated heterocycles. The van der Waals surface area contributed by atoms with Crippen LogP contribution in [-0.2, 0) is 6.42 Å². The fourth-order valence-corrected chi connectivity index (χ4v) is 4.26. The number of hydrogen-bond donors (Lipinski definition) is 1. The summed E-state index contributed by atoms with van der Waals surface area (Å²) in [6, 6.07) is 0.295. The van der Waals surface area contributed by atoms with Gasteiger partial charge in [-0.2, -0.15) is 0 Å². The molecular formula is C17H26N6OS. The monoisotopic (exact) mass is 362 g/mol. The molecule has 0 saturated carbocycles. The average molecular weight is 363 g/mol. The molecule has 1 aliphatic heterocycles. The third-order valence-corrected chi connectivity index (χ3v) is 6.34. The van der Waals surface area contributed by atoms with E-state index in [9.17, 15) is 4.79 Å². The molecule has 136 valence electrons. The molecule has 7 nitrogen and oxygen atoms in total. The number of thiazole rings is 1. The van der Waals surface area contributed by atoms with Crippen molar-refractivity contribution < 1.29 is 4.79 Å². The van der Waals surface area contributed by atoms with E-state index in [1.54, 1.807) is 22.4 Å². The minimum atomic E-state index is -0.0986. The number of nitrogens with zero attached hydrogens (tertiary/aromatic N) is 5. The number of rotatable bonds is 5. The van der Waals surface area contributed by atoms with E-state index in [1.165, 1.54) is 0 Å². The first-order chi connectivity index (χ1) is 12.0. The average Bonchev–Trinajstić information content (AvgIpc) is 3.27. The molecule has 8 heteroatoms. The van der Waals surface area contributed by atoms with Crippen LogP contribution in [0.15, 0.2) is 6.20 Å². The summed E-state index contributed by atoms with van der Waals surface area (Å²) in [7, 11) is 1.82. The van der Waals surface area contributed by atoms with E-state index in [0.29, 0.717) is 11.7 Å². The van der Waals surface area contributed by atoms with Gasteiger partial charge >= 0.3 is 0 Å². The van der Waals surface area contributed by atoms with Crippen molar-refractivity contribution in [2.45, 2.75) is 52.1 Å². The molecule has 2 aromatic rings. The highest BCUT2D eigenvalue weighted by Gasteiger charge is 2.25. The maximum absolute atomic E-state index is 12.8. The van der Waals surface area contributed by atoms with Crippen LogP contribution in [0.2, 0.25) is 0 Å². The molecule has 3 rings (SSSR count). The van der Waals surface area contributed by atoms with Gasteiger partial charge in [0.2, 0.25) is 0 Å². The summed E-state index contributed by atoms with van der Waals surface area (Å²) in [5, 5.41) is 12.8. The predicted molar refractivity (Wildman–Crippen MR) is 97.9 cm³/mol. The van der Waals surface area contributed by atoms with Crippen LogP contribution in [0.3, 0.4) is 0 Å². The summed E-state index contributed by atoms with van der Waals surface area (Å²) < 4.78 is 1.85. The van der Waals surface area contributed by atoms with Crippen LogP contribution in [0, 0.1) is 6.92 Å². The number of aromatic nitrogens is 4. The van der Waals surface area contributed by atoms with E-state index in [2.05, 4.69) is 27.5 Å². The molecule has 1 amide bonds. The molecule has 0 bridgehead atoms.